The molecule has 1 aromatic carbocycles. The first-order valence-corrected chi connectivity index (χ1v) is 10.6. The van der Waals surface area contributed by atoms with Crippen molar-refractivity contribution in [2.24, 2.45) is 0 Å². The molecule has 3 amide bonds. The topological polar surface area (TPSA) is 97.8 Å². The summed E-state index contributed by atoms with van der Waals surface area (Å²) < 4.78 is 10.8. The first-order valence-electron chi connectivity index (χ1n) is 9.39. The summed E-state index contributed by atoms with van der Waals surface area (Å²) in [6.45, 7) is 2.54. The molecule has 0 saturated carbocycles. The Balaban J connectivity index is 1.62. The smallest absolute Gasteiger partial charge is 0.293 e. The first-order chi connectivity index (χ1) is 14.9. The number of ether oxygens (including phenoxy) is 2. The van der Waals surface area contributed by atoms with Gasteiger partial charge < -0.3 is 14.8 Å². The number of nitrogens with one attached hydrogen (secondary N) is 1. The number of nitrogens with zero attached hydrogens (tertiary/aromatic N) is 2. The fourth-order valence-corrected chi connectivity index (χ4v) is 3.76. The minimum atomic E-state index is -0.412. The van der Waals surface area contributed by atoms with Gasteiger partial charge in [0, 0.05) is 19.3 Å². The van der Waals surface area contributed by atoms with Crippen molar-refractivity contribution in [2.75, 3.05) is 26.8 Å². The molecule has 0 spiro atoms. The number of hydrogen-bond acceptors (Lipinski definition) is 7. The average Bonchev–Trinajstić information content (AvgIpc) is 3.02. The number of carbonyl (C=O) groups excluding carboxylic acids is 3. The second-order valence-electron chi connectivity index (χ2n) is 6.30. The number of amides is 3. The van der Waals surface area contributed by atoms with E-state index >= 15 is 0 Å². The third kappa shape index (κ3) is 5.56. The number of pyridine rings is 1. The molecular weight excluding hydrogens is 442 g/mol. The standard InChI is InChI=1S/C21H20ClN3O5S/c1-3-30-15-6-4-13(10-16(15)29-2)11-17-20(27)25(21(28)31-17)9-8-23-19(26)14-5-7-18(22)24-12-14/h4-7,10-12H,3,8-9H2,1-2H3,(H,23,26). The van der Waals surface area contributed by atoms with Crippen LogP contribution in [0.5, 0.6) is 11.5 Å². The molecule has 1 fully saturated rings. The van der Waals surface area contributed by atoms with Crippen molar-refractivity contribution in [3.8, 4) is 11.5 Å². The number of imide groups is 1. The summed E-state index contributed by atoms with van der Waals surface area (Å²) in [5, 5.41) is 2.55. The molecule has 1 aliphatic heterocycles. The molecule has 0 unspecified atom stereocenters. The van der Waals surface area contributed by atoms with Gasteiger partial charge in [-0.15, -0.1) is 0 Å². The number of hydrogen-bond donors (Lipinski definition) is 1. The predicted molar refractivity (Wildman–Crippen MR) is 118 cm³/mol. The van der Waals surface area contributed by atoms with Crippen LogP contribution >= 0.6 is 23.4 Å². The van der Waals surface area contributed by atoms with Gasteiger partial charge in [-0.1, -0.05) is 17.7 Å². The minimum Gasteiger partial charge on any atom is -0.493 e. The number of thioether (sulfide) groups is 1. The van der Waals surface area contributed by atoms with Crippen LogP contribution in [0.2, 0.25) is 5.15 Å². The van der Waals surface area contributed by atoms with Gasteiger partial charge in [0.1, 0.15) is 5.15 Å². The molecule has 1 N–H and O–H groups in total. The summed E-state index contributed by atoms with van der Waals surface area (Å²) in [6, 6.07) is 8.31. The second kappa shape index (κ2) is 10.3. The fourth-order valence-electron chi connectivity index (χ4n) is 2.79. The maximum absolute atomic E-state index is 12.7. The molecule has 31 heavy (non-hydrogen) atoms. The summed E-state index contributed by atoms with van der Waals surface area (Å²) >= 11 is 6.55. The Morgan fingerprint density at radius 3 is 2.74 bits per heavy atom. The summed E-state index contributed by atoms with van der Waals surface area (Å²) in [5.74, 6) is 0.356. The predicted octanol–water partition coefficient (Wildman–Crippen LogP) is 3.61. The molecule has 1 saturated heterocycles. The van der Waals surface area contributed by atoms with E-state index in [1.54, 1.807) is 30.3 Å². The van der Waals surface area contributed by atoms with Crippen LogP contribution in [0.25, 0.3) is 6.08 Å². The van der Waals surface area contributed by atoms with E-state index in [2.05, 4.69) is 10.3 Å². The highest BCUT2D eigenvalue weighted by Crippen LogP contribution is 2.34. The summed E-state index contributed by atoms with van der Waals surface area (Å²) in [6.07, 6.45) is 2.98. The molecule has 0 bridgehead atoms. The second-order valence-corrected chi connectivity index (χ2v) is 7.68. The molecule has 162 valence electrons. The molecule has 3 rings (SSSR count). The van der Waals surface area contributed by atoms with Crippen molar-refractivity contribution < 1.29 is 23.9 Å². The highest BCUT2D eigenvalue weighted by Gasteiger charge is 2.34. The Morgan fingerprint density at radius 1 is 1.26 bits per heavy atom. The van der Waals surface area contributed by atoms with Crippen LogP contribution in [0.15, 0.2) is 41.4 Å². The number of halogens is 1. The maximum atomic E-state index is 12.7. The number of aromatic nitrogens is 1. The van der Waals surface area contributed by atoms with Gasteiger partial charge >= 0.3 is 0 Å². The van der Waals surface area contributed by atoms with Crippen LogP contribution in [-0.2, 0) is 4.79 Å². The first kappa shape index (κ1) is 22.6. The third-order valence-electron chi connectivity index (χ3n) is 4.27. The Bertz CT molecular complexity index is 1030. The lowest BCUT2D eigenvalue weighted by molar-refractivity contribution is -0.122. The van der Waals surface area contributed by atoms with Gasteiger partial charge in [-0.3, -0.25) is 19.3 Å². The summed E-state index contributed by atoms with van der Waals surface area (Å²) in [5.41, 5.74) is 1.04. The van der Waals surface area contributed by atoms with E-state index in [-0.39, 0.29) is 24.1 Å². The Hall–Kier alpha value is -3.04. The van der Waals surface area contributed by atoms with Crippen LogP contribution < -0.4 is 14.8 Å². The van der Waals surface area contributed by atoms with Gasteiger partial charge in [0.05, 0.1) is 24.2 Å². The molecule has 1 aromatic heterocycles. The summed E-state index contributed by atoms with van der Waals surface area (Å²) in [4.78, 5) is 42.3. The van der Waals surface area contributed by atoms with Crippen LogP contribution in [0, 0.1) is 0 Å². The zero-order valence-corrected chi connectivity index (χ0v) is 18.5. The molecule has 2 aromatic rings. The van der Waals surface area contributed by atoms with Crippen molar-refractivity contribution in [2.45, 2.75) is 6.92 Å². The van der Waals surface area contributed by atoms with E-state index in [4.69, 9.17) is 21.1 Å². The van der Waals surface area contributed by atoms with E-state index in [1.165, 1.54) is 19.4 Å². The number of methoxy groups -OCH3 is 1. The monoisotopic (exact) mass is 461 g/mol. The van der Waals surface area contributed by atoms with E-state index in [0.717, 1.165) is 16.7 Å². The third-order valence-corrected chi connectivity index (χ3v) is 5.40. The lowest BCUT2D eigenvalue weighted by Gasteiger charge is -2.13. The highest BCUT2D eigenvalue weighted by molar-refractivity contribution is 8.18. The maximum Gasteiger partial charge on any atom is 0.293 e. The van der Waals surface area contributed by atoms with Gasteiger partial charge in [0.15, 0.2) is 11.5 Å². The number of rotatable bonds is 8. The molecule has 8 nitrogen and oxygen atoms in total. The van der Waals surface area contributed by atoms with Crippen LogP contribution in [0.1, 0.15) is 22.8 Å². The highest BCUT2D eigenvalue weighted by atomic mass is 35.5. The number of carbonyl (C=O) groups is 3. The Labute approximate surface area is 188 Å². The van der Waals surface area contributed by atoms with E-state index < -0.39 is 11.1 Å². The van der Waals surface area contributed by atoms with Gasteiger partial charge in [-0.25, -0.2) is 4.98 Å². The average molecular weight is 462 g/mol. The van der Waals surface area contributed by atoms with Crippen molar-refractivity contribution in [1.82, 2.24) is 15.2 Å². The van der Waals surface area contributed by atoms with Gasteiger partial charge in [0.2, 0.25) is 0 Å². The van der Waals surface area contributed by atoms with Gasteiger partial charge in [-0.05, 0) is 54.6 Å². The largest absolute Gasteiger partial charge is 0.493 e. The van der Waals surface area contributed by atoms with Gasteiger partial charge in [0.25, 0.3) is 17.1 Å². The van der Waals surface area contributed by atoms with E-state index in [0.29, 0.717) is 34.1 Å². The van der Waals surface area contributed by atoms with Crippen molar-refractivity contribution in [1.29, 1.82) is 0 Å². The number of benzene rings is 1. The van der Waals surface area contributed by atoms with Crippen LogP contribution in [0.3, 0.4) is 0 Å². The van der Waals surface area contributed by atoms with E-state index in [1.807, 2.05) is 6.92 Å². The molecular formula is C21H20ClN3O5S. The Kier molecular flexibility index (Phi) is 7.54. The molecule has 1 aliphatic rings. The van der Waals surface area contributed by atoms with Crippen LogP contribution in [0.4, 0.5) is 4.79 Å². The fraction of sp³-hybridized carbons (Fsp3) is 0.238. The lowest BCUT2D eigenvalue weighted by atomic mass is 10.2. The minimum absolute atomic E-state index is 0.0569. The van der Waals surface area contributed by atoms with Crippen molar-refractivity contribution in [3.05, 3.63) is 57.7 Å². The summed E-state index contributed by atoms with van der Waals surface area (Å²) in [7, 11) is 1.53. The molecule has 0 atom stereocenters. The molecule has 0 aliphatic carbocycles. The lowest BCUT2D eigenvalue weighted by Crippen LogP contribution is -2.37. The quantitative estimate of drug-likeness (QED) is 0.473. The zero-order chi connectivity index (χ0) is 22.4. The van der Waals surface area contributed by atoms with E-state index in [9.17, 15) is 14.4 Å². The van der Waals surface area contributed by atoms with Crippen LogP contribution in [-0.4, -0.2) is 53.7 Å². The van der Waals surface area contributed by atoms with Gasteiger partial charge in [-0.2, -0.15) is 0 Å². The normalized spacial score (nSPS) is 14.8. The Morgan fingerprint density at radius 2 is 2.06 bits per heavy atom. The van der Waals surface area contributed by atoms with Crippen molar-refractivity contribution >= 4 is 46.5 Å². The molecule has 0 radical (unpaired) electrons. The SMILES string of the molecule is CCOc1ccc(C=C2SC(=O)N(CCNC(=O)c3ccc(Cl)nc3)C2=O)cc1OC. The molecule has 2 heterocycles. The van der Waals surface area contributed by atoms with Crippen molar-refractivity contribution in [3.63, 3.8) is 0 Å². The zero-order valence-electron chi connectivity index (χ0n) is 16.9. The molecule has 10 heteroatoms.